The van der Waals surface area contributed by atoms with Gasteiger partial charge in [0.05, 0.1) is 6.61 Å². The van der Waals surface area contributed by atoms with Crippen LogP contribution >= 0.6 is 0 Å². The number of ether oxygens (including phenoxy) is 1. The first-order chi connectivity index (χ1) is 15.1. The fourth-order valence-corrected chi connectivity index (χ4v) is 3.83. The van der Waals surface area contributed by atoms with Crippen molar-refractivity contribution in [1.82, 2.24) is 0 Å². The lowest BCUT2D eigenvalue weighted by Crippen LogP contribution is -2.23. The number of carbonyl (C=O) groups is 2. The molecular formula is C27H50O5. The number of rotatable bonds is 20. The number of hydrogen-bond acceptors (Lipinski definition) is 5. The molecule has 0 saturated carbocycles. The minimum atomic E-state index is -1.09. The minimum Gasteiger partial charge on any atom is -0.463 e. The highest BCUT2D eigenvalue weighted by atomic mass is 16.5. The Hall–Kier alpha value is -1.20. The highest BCUT2D eigenvalue weighted by Gasteiger charge is 2.12. The first kappa shape index (κ1) is 30.8. The number of Topliss-reactive ketones (excluding diaryl/α,β-unsaturated/α-hetero) is 1. The maximum Gasteiger partial charge on any atom is 0.313 e. The van der Waals surface area contributed by atoms with Gasteiger partial charge in [-0.3, -0.25) is 9.59 Å². The first-order valence-corrected chi connectivity index (χ1v) is 12.8. The van der Waals surface area contributed by atoms with Crippen LogP contribution < -0.4 is 0 Å². The van der Waals surface area contributed by atoms with E-state index < -0.39 is 18.7 Å². The Morgan fingerprint density at radius 1 is 0.875 bits per heavy atom. The summed E-state index contributed by atoms with van der Waals surface area (Å²) in [5, 5.41) is 17.8. The molecule has 3 unspecified atom stereocenters. The minimum absolute atomic E-state index is 0.162. The van der Waals surface area contributed by atoms with Gasteiger partial charge in [0.25, 0.3) is 0 Å². The van der Waals surface area contributed by atoms with Gasteiger partial charge in [-0.1, -0.05) is 84.3 Å². The van der Waals surface area contributed by atoms with Crippen molar-refractivity contribution >= 4 is 11.8 Å². The Kier molecular flexibility index (Phi) is 18.6. The Bertz CT molecular complexity index is 526. The third-order valence-electron chi connectivity index (χ3n) is 6.05. The van der Waals surface area contributed by atoms with Gasteiger partial charge >= 0.3 is 5.97 Å². The van der Waals surface area contributed by atoms with Crippen LogP contribution in [0.15, 0.2) is 11.6 Å². The molecule has 0 amide bonds. The number of hydrogen-bond donors (Lipinski definition) is 2. The lowest BCUT2D eigenvalue weighted by molar-refractivity contribution is -0.149. The van der Waals surface area contributed by atoms with Crippen molar-refractivity contribution in [1.29, 1.82) is 0 Å². The predicted octanol–water partition coefficient (Wildman–Crippen LogP) is 6.01. The molecule has 0 fully saturated rings. The SMILES string of the molecule is C/C(=C\CCC(=O)CC(=O)OCC(O)CO)CCCC(C)CCCC(C)CCCC(C)C. The van der Waals surface area contributed by atoms with Gasteiger partial charge in [-0.2, -0.15) is 0 Å². The average molecular weight is 455 g/mol. The van der Waals surface area contributed by atoms with E-state index in [1.807, 2.05) is 0 Å². The molecule has 188 valence electrons. The van der Waals surface area contributed by atoms with Crippen molar-refractivity contribution in [2.24, 2.45) is 17.8 Å². The molecule has 0 aliphatic rings. The Balaban J connectivity index is 3.82. The molecule has 0 aromatic carbocycles. The number of aliphatic hydroxyl groups is 2. The van der Waals surface area contributed by atoms with E-state index in [9.17, 15) is 9.59 Å². The molecule has 0 aromatic heterocycles. The maximum absolute atomic E-state index is 11.8. The van der Waals surface area contributed by atoms with Gasteiger partial charge in [-0.15, -0.1) is 0 Å². The normalized spacial score (nSPS) is 14.9. The van der Waals surface area contributed by atoms with Crippen molar-refractivity contribution < 1.29 is 24.5 Å². The number of ketones is 1. The zero-order valence-electron chi connectivity index (χ0n) is 21.4. The van der Waals surface area contributed by atoms with Crippen LogP contribution in [0.25, 0.3) is 0 Å². The van der Waals surface area contributed by atoms with E-state index in [-0.39, 0.29) is 18.8 Å². The van der Waals surface area contributed by atoms with Gasteiger partial charge in [-0.25, -0.2) is 0 Å². The molecule has 5 nitrogen and oxygen atoms in total. The van der Waals surface area contributed by atoms with Gasteiger partial charge < -0.3 is 14.9 Å². The zero-order valence-corrected chi connectivity index (χ0v) is 21.4. The van der Waals surface area contributed by atoms with Crippen LogP contribution in [0.5, 0.6) is 0 Å². The quantitative estimate of drug-likeness (QED) is 0.134. The van der Waals surface area contributed by atoms with Gasteiger partial charge in [0.1, 0.15) is 24.9 Å². The van der Waals surface area contributed by atoms with E-state index in [0.717, 1.165) is 24.2 Å². The molecule has 0 bridgehead atoms. The Labute approximate surface area is 197 Å². The summed E-state index contributed by atoms with van der Waals surface area (Å²) in [5.41, 5.74) is 1.30. The summed E-state index contributed by atoms with van der Waals surface area (Å²) < 4.78 is 4.75. The molecular weight excluding hydrogens is 404 g/mol. The molecule has 32 heavy (non-hydrogen) atoms. The van der Waals surface area contributed by atoms with Crippen LogP contribution in [0.4, 0.5) is 0 Å². The van der Waals surface area contributed by atoms with Gasteiger partial charge in [0.15, 0.2) is 0 Å². The monoisotopic (exact) mass is 454 g/mol. The molecule has 0 saturated heterocycles. The van der Waals surface area contributed by atoms with E-state index in [0.29, 0.717) is 12.8 Å². The molecule has 0 heterocycles. The molecule has 0 aliphatic carbocycles. The van der Waals surface area contributed by atoms with Crippen molar-refractivity contribution in [2.75, 3.05) is 13.2 Å². The van der Waals surface area contributed by atoms with Crippen molar-refractivity contribution in [3.8, 4) is 0 Å². The second-order valence-electron chi connectivity index (χ2n) is 10.2. The number of esters is 1. The molecule has 0 rings (SSSR count). The smallest absolute Gasteiger partial charge is 0.313 e. The van der Waals surface area contributed by atoms with Crippen LogP contribution in [-0.4, -0.2) is 41.3 Å². The lowest BCUT2D eigenvalue weighted by atomic mass is 9.91. The van der Waals surface area contributed by atoms with Gasteiger partial charge in [0.2, 0.25) is 0 Å². The second kappa shape index (κ2) is 19.3. The summed E-state index contributed by atoms with van der Waals surface area (Å²) in [6, 6.07) is 0. The van der Waals surface area contributed by atoms with Crippen molar-refractivity contribution in [3.63, 3.8) is 0 Å². The zero-order chi connectivity index (χ0) is 24.4. The first-order valence-electron chi connectivity index (χ1n) is 12.8. The molecule has 0 aliphatic heterocycles. The fraction of sp³-hybridized carbons (Fsp3) is 0.852. The highest BCUT2D eigenvalue weighted by molar-refractivity contribution is 5.95. The van der Waals surface area contributed by atoms with E-state index in [1.165, 1.54) is 56.9 Å². The van der Waals surface area contributed by atoms with Crippen LogP contribution in [0.3, 0.4) is 0 Å². The fourth-order valence-electron chi connectivity index (χ4n) is 3.83. The van der Waals surface area contributed by atoms with Gasteiger partial charge in [0, 0.05) is 6.42 Å². The summed E-state index contributed by atoms with van der Waals surface area (Å²) in [5.74, 6) is 1.62. The molecule has 3 atom stereocenters. The van der Waals surface area contributed by atoms with E-state index in [4.69, 9.17) is 14.9 Å². The summed E-state index contributed by atoms with van der Waals surface area (Å²) in [7, 11) is 0. The van der Waals surface area contributed by atoms with E-state index >= 15 is 0 Å². The van der Waals surface area contributed by atoms with Crippen LogP contribution in [0.1, 0.15) is 112 Å². The summed E-state index contributed by atoms with van der Waals surface area (Å²) in [4.78, 5) is 23.4. The standard InChI is InChI=1S/C27H50O5/c1-21(2)10-6-11-22(3)12-7-13-23(4)14-8-15-24(5)16-9-17-25(29)18-27(31)32-20-26(30)19-28/h16,21-23,26,28,30H,6-15,17-20H2,1-5H3/b24-16+. The summed E-state index contributed by atoms with van der Waals surface area (Å²) >= 11 is 0. The van der Waals surface area contributed by atoms with Crippen molar-refractivity contribution in [2.45, 2.75) is 118 Å². The van der Waals surface area contributed by atoms with Crippen LogP contribution in [0.2, 0.25) is 0 Å². The largest absolute Gasteiger partial charge is 0.463 e. The third kappa shape index (κ3) is 19.5. The molecule has 2 N–H and O–H groups in total. The molecule has 0 radical (unpaired) electrons. The number of allylic oxidation sites excluding steroid dienone is 2. The van der Waals surface area contributed by atoms with Crippen molar-refractivity contribution in [3.05, 3.63) is 11.6 Å². The average Bonchev–Trinajstić information content (AvgIpc) is 2.71. The topological polar surface area (TPSA) is 83.8 Å². The number of carbonyl (C=O) groups excluding carboxylic acids is 2. The Morgan fingerprint density at radius 2 is 1.44 bits per heavy atom. The summed E-state index contributed by atoms with van der Waals surface area (Å²) in [6.45, 7) is 10.7. The lowest BCUT2D eigenvalue weighted by Gasteiger charge is -2.15. The predicted molar refractivity (Wildman–Crippen MR) is 131 cm³/mol. The highest BCUT2D eigenvalue weighted by Crippen LogP contribution is 2.22. The molecule has 0 aromatic rings. The second-order valence-corrected chi connectivity index (χ2v) is 10.2. The Morgan fingerprint density at radius 3 is 2.00 bits per heavy atom. The van der Waals surface area contributed by atoms with Gasteiger partial charge in [-0.05, 0) is 43.9 Å². The van der Waals surface area contributed by atoms with E-state index in [2.05, 4.69) is 40.7 Å². The van der Waals surface area contributed by atoms with Crippen LogP contribution in [0, 0.1) is 17.8 Å². The van der Waals surface area contributed by atoms with E-state index in [1.54, 1.807) is 0 Å². The van der Waals surface area contributed by atoms with Crippen LogP contribution in [-0.2, 0) is 14.3 Å². The molecule has 0 spiro atoms. The third-order valence-corrected chi connectivity index (χ3v) is 6.05. The maximum atomic E-state index is 11.8. The number of aliphatic hydroxyl groups excluding tert-OH is 2. The summed E-state index contributed by atoms with van der Waals surface area (Å²) in [6.07, 6.45) is 13.3. The molecule has 5 heteroatoms.